The fourth-order valence-electron chi connectivity index (χ4n) is 5.38. The molecule has 1 aromatic carbocycles. The summed E-state index contributed by atoms with van der Waals surface area (Å²) in [5, 5.41) is 2.96. The second-order valence-electron chi connectivity index (χ2n) is 8.60. The zero-order chi connectivity index (χ0) is 19.8. The van der Waals surface area contributed by atoms with Gasteiger partial charge in [0.05, 0.1) is 8.07 Å². The number of nitrogens with zero attached hydrogens (tertiary/aromatic N) is 1. The Morgan fingerprint density at radius 3 is 2.07 bits per heavy atom. The number of H-pyrrole nitrogens is 1. The molecule has 2 nitrogen and oxygen atoms in total. The molecule has 0 amide bonds. The minimum Gasteiger partial charge on any atom is -0.346 e. The largest absolute Gasteiger partial charge is 0.346 e. The lowest BCUT2D eigenvalue weighted by Gasteiger charge is -2.44. The molecule has 27 heavy (non-hydrogen) atoms. The molecule has 0 bridgehead atoms. The minimum absolute atomic E-state index is 0.679. The summed E-state index contributed by atoms with van der Waals surface area (Å²) in [4.78, 5) is 8.12. The predicted octanol–water partition coefficient (Wildman–Crippen LogP) is 6.80. The lowest BCUT2D eigenvalue weighted by molar-refractivity contribution is 0.835. The van der Waals surface area contributed by atoms with Crippen molar-refractivity contribution in [2.24, 2.45) is 0 Å². The van der Waals surface area contributed by atoms with Gasteiger partial charge >= 0.3 is 0 Å². The maximum atomic E-state index is 4.67. The van der Waals surface area contributed by atoms with Crippen LogP contribution in [-0.4, -0.2) is 18.0 Å². The summed E-state index contributed by atoms with van der Waals surface area (Å²) in [6, 6.07) is 11.0. The molecule has 0 spiro atoms. The van der Waals surface area contributed by atoms with Gasteiger partial charge in [-0.3, -0.25) is 0 Å². The molecule has 0 aliphatic carbocycles. The van der Waals surface area contributed by atoms with Crippen LogP contribution in [0.15, 0.2) is 47.2 Å². The van der Waals surface area contributed by atoms with Gasteiger partial charge in [-0.05, 0) is 57.6 Å². The molecule has 0 atom stereocenters. The van der Waals surface area contributed by atoms with Crippen molar-refractivity contribution in [2.45, 2.75) is 64.6 Å². The van der Waals surface area contributed by atoms with Crippen molar-refractivity contribution in [3.05, 3.63) is 58.3 Å². The molecule has 0 radical (unpaired) electrons. The van der Waals surface area contributed by atoms with Crippen LogP contribution in [-0.2, 0) is 6.42 Å². The van der Waals surface area contributed by atoms with E-state index in [4.69, 9.17) is 0 Å². The second kappa shape index (κ2) is 7.92. The normalized spacial score (nSPS) is 12.7. The first kappa shape index (κ1) is 20.3. The molecule has 0 aliphatic rings. The lowest BCUT2D eigenvalue weighted by atomic mass is 10.1. The zero-order valence-corrected chi connectivity index (χ0v) is 19.9. The fourth-order valence-corrected chi connectivity index (χ4v) is 12.6. The van der Waals surface area contributed by atoms with Crippen molar-refractivity contribution in [3.63, 3.8) is 0 Å². The standard InChI is InChI=1S/C23H31BrN2Si/c1-15(2)27(16(3)4,17(5)6)21-11-12-25-23-22(21)19(14-26-23)13-18-7-9-20(24)10-8-18/h7-12,14-17H,13H2,1-6H3,(H,25,26). The van der Waals surface area contributed by atoms with E-state index < -0.39 is 8.07 Å². The topological polar surface area (TPSA) is 28.7 Å². The molecule has 0 saturated heterocycles. The van der Waals surface area contributed by atoms with Gasteiger partial charge in [0.25, 0.3) is 0 Å². The van der Waals surface area contributed by atoms with Gasteiger partial charge in [0, 0.05) is 22.3 Å². The van der Waals surface area contributed by atoms with Crippen LogP contribution in [0.5, 0.6) is 0 Å². The Morgan fingerprint density at radius 2 is 1.52 bits per heavy atom. The summed E-state index contributed by atoms with van der Waals surface area (Å²) in [6.07, 6.45) is 5.11. The van der Waals surface area contributed by atoms with Crippen molar-refractivity contribution < 1.29 is 0 Å². The van der Waals surface area contributed by atoms with E-state index >= 15 is 0 Å². The molecule has 3 rings (SSSR count). The van der Waals surface area contributed by atoms with E-state index in [9.17, 15) is 0 Å². The van der Waals surface area contributed by atoms with Gasteiger partial charge in [-0.2, -0.15) is 0 Å². The molecular formula is C23H31BrN2Si. The van der Waals surface area contributed by atoms with Gasteiger partial charge in [-0.1, -0.05) is 69.6 Å². The Morgan fingerprint density at radius 1 is 0.926 bits per heavy atom. The highest BCUT2D eigenvalue weighted by Crippen LogP contribution is 2.42. The van der Waals surface area contributed by atoms with E-state index in [0.29, 0.717) is 16.6 Å². The highest BCUT2D eigenvalue weighted by atomic mass is 79.9. The smallest absolute Gasteiger partial charge is 0.137 e. The summed E-state index contributed by atoms with van der Waals surface area (Å²) in [5.74, 6) is 0. The van der Waals surface area contributed by atoms with Gasteiger partial charge in [-0.25, -0.2) is 4.98 Å². The highest BCUT2D eigenvalue weighted by Gasteiger charge is 2.45. The Balaban J connectivity index is 2.21. The third-order valence-electron chi connectivity index (χ3n) is 6.30. The van der Waals surface area contributed by atoms with Gasteiger partial charge in [-0.15, -0.1) is 0 Å². The van der Waals surface area contributed by atoms with Gasteiger partial charge in [0.1, 0.15) is 5.65 Å². The number of rotatable bonds is 6. The third-order valence-corrected chi connectivity index (χ3v) is 13.9. The van der Waals surface area contributed by atoms with Gasteiger partial charge in [0.2, 0.25) is 0 Å². The number of halogens is 1. The summed E-state index contributed by atoms with van der Waals surface area (Å²) < 4.78 is 1.12. The van der Waals surface area contributed by atoms with Crippen molar-refractivity contribution >= 4 is 40.2 Å². The van der Waals surface area contributed by atoms with E-state index in [1.807, 2.05) is 6.20 Å². The number of hydrogen-bond donors (Lipinski definition) is 1. The molecule has 1 N–H and O–H groups in total. The average molecular weight is 444 g/mol. The van der Waals surface area contributed by atoms with E-state index in [-0.39, 0.29) is 0 Å². The van der Waals surface area contributed by atoms with E-state index in [0.717, 1.165) is 16.5 Å². The van der Waals surface area contributed by atoms with Crippen molar-refractivity contribution in [1.82, 2.24) is 9.97 Å². The molecule has 0 fully saturated rings. The Hall–Kier alpha value is -1.39. The minimum atomic E-state index is -1.76. The highest BCUT2D eigenvalue weighted by molar-refractivity contribution is 9.10. The first-order valence-corrected chi connectivity index (χ1v) is 13.0. The Bertz CT molecular complexity index is 888. The van der Waals surface area contributed by atoms with E-state index in [1.54, 1.807) is 5.19 Å². The fraction of sp³-hybridized carbons (Fsp3) is 0.435. The zero-order valence-electron chi connectivity index (χ0n) is 17.3. The molecule has 0 aliphatic heterocycles. The van der Waals surface area contributed by atoms with Crippen LogP contribution in [0.25, 0.3) is 11.0 Å². The van der Waals surface area contributed by atoms with Crippen molar-refractivity contribution in [1.29, 1.82) is 0 Å². The number of aromatic nitrogens is 2. The Kier molecular flexibility index (Phi) is 5.97. The molecule has 2 aromatic heterocycles. The van der Waals surface area contributed by atoms with Gasteiger partial charge < -0.3 is 4.98 Å². The number of fused-ring (bicyclic) bond motifs is 1. The van der Waals surface area contributed by atoms with Crippen LogP contribution in [0.2, 0.25) is 16.6 Å². The van der Waals surface area contributed by atoms with Gasteiger partial charge in [0.15, 0.2) is 0 Å². The molecule has 4 heteroatoms. The molecule has 144 valence electrons. The molecule has 2 heterocycles. The van der Waals surface area contributed by atoms with Crippen LogP contribution in [0.1, 0.15) is 52.7 Å². The number of hydrogen-bond acceptors (Lipinski definition) is 1. The number of pyridine rings is 1. The maximum Gasteiger partial charge on any atom is 0.137 e. The summed E-state index contributed by atoms with van der Waals surface area (Å²) in [5.41, 5.74) is 5.78. The van der Waals surface area contributed by atoms with E-state index in [2.05, 4.69) is 104 Å². The van der Waals surface area contributed by atoms with Crippen LogP contribution < -0.4 is 5.19 Å². The van der Waals surface area contributed by atoms with Crippen LogP contribution >= 0.6 is 15.9 Å². The maximum absolute atomic E-state index is 4.67. The van der Waals surface area contributed by atoms with Crippen LogP contribution in [0.3, 0.4) is 0 Å². The number of benzene rings is 1. The first-order valence-electron chi connectivity index (χ1n) is 9.98. The predicted molar refractivity (Wildman–Crippen MR) is 124 cm³/mol. The molecule has 0 saturated carbocycles. The van der Waals surface area contributed by atoms with Crippen LogP contribution in [0, 0.1) is 0 Å². The molecular weight excluding hydrogens is 412 g/mol. The SMILES string of the molecule is CC(C)[Si](c1ccnc2[nH]cc(Cc3ccc(Br)cc3)c12)(C(C)C)C(C)C. The quantitative estimate of drug-likeness (QED) is 0.417. The summed E-state index contributed by atoms with van der Waals surface area (Å²) in [6.45, 7) is 14.6. The average Bonchev–Trinajstić information content (AvgIpc) is 3.00. The lowest BCUT2D eigenvalue weighted by Crippen LogP contribution is -2.56. The monoisotopic (exact) mass is 442 g/mol. The van der Waals surface area contributed by atoms with Crippen molar-refractivity contribution in [2.75, 3.05) is 0 Å². The summed E-state index contributed by atoms with van der Waals surface area (Å²) in [7, 11) is -1.76. The second-order valence-corrected chi connectivity index (χ2v) is 15.4. The van der Waals surface area contributed by atoms with Crippen molar-refractivity contribution in [3.8, 4) is 0 Å². The number of aromatic amines is 1. The molecule has 0 unspecified atom stereocenters. The molecule has 3 aromatic rings. The first-order chi connectivity index (χ1) is 12.8. The van der Waals surface area contributed by atoms with Crippen LogP contribution in [0.4, 0.5) is 0 Å². The Labute approximate surface area is 172 Å². The number of nitrogens with one attached hydrogen (secondary N) is 1. The summed E-state index contributed by atoms with van der Waals surface area (Å²) >= 11 is 3.54. The third kappa shape index (κ3) is 3.54. The van der Waals surface area contributed by atoms with E-state index in [1.165, 1.54) is 16.5 Å².